The lowest BCUT2D eigenvalue weighted by molar-refractivity contribution is -0.148. The monoisotopic (exact) mass is 575 g/mol. The first-order valence-corrected chi connectivity index (χ1v) is 12.9. The van der Waals surface area contributed by atoms with Crippen LogP contribution in [-0.2, 0) is 11.3 Å². The molecule has 9 nitrogen and oxygen atoms in total. The van der Waals surface area contributed by atoms with Gasteiger partial charge in [-0.1, -0.05) is 30.3 Å². The van der Waals surface area contributed by atoms with Gasteiger partial charge in [0.25, 0.3) is 5.56 Å². The lowest BCUT2D eigenvalue weighted by atomic mass is 9.79. The van der Waals surface area contributed by atoms with E-state index in [1.54, 1.807) is 0 Å². The number of nitrogen functional groups attached to an aromatic ring is 1. The summed E-state index contributed by atoms with van der Waals surface area (Å²) in [5.74, 6) is -0.827. The van der Waals surface area contributed by atoms with Gasteiger partial charge in [0.2, 0.25) is 11.8 Å². The van der Waals surface area contributed by atoms with Crippen LogP contribution >= 0.6 is 12.4 Å². The van der Waals surface area contributed by atoms with Crippen molar-refractivity contribution in [3.63, 3.8) is 0 Å². The molecule has 0 radical (unpaired) electrons. The van der Waals surface area contributed by atoms with E-state index in [1.807, 2.05) is 30.3 Å². The normalized spacial score (nSPS) is 24.7. The second kappa shape index (κ2) is 12.3. The van der Waals surface area contributed by atoms with Crippen LogP contribution in [0.1, 0.15) is 24.3 Å². The summed E-state index contributed by atoms with van der Waals surface area (Å²) in [5.41, 5.74) is 4.06. The first-order chi connectivity index (χ1) is 18.7. The Morgan fingerprint density at radius 2 is 1.93 bits per heavy atom. The number of benzene rings is 2. The molecule has 2 fully saturated rings. The van der Waals surface area contributed by atoms with Gasteiger partial charge in [-0.05, 0) is 49.2 Å². The fraction of sp³-hybridized carbons (Fsp3) is 0.393. The van der Waals surface area contributed by atoms with E-state index in [4.69, 9.17) is 10.5 Å². The molecular formula is C28H32ClF2N5O4. The molecule has 1 amide bonds. The third kappa shape index (κ3) is 6.11. The van der Waals surface area contributed by atoms with Crippen LogP contribution in [0.15, 0.2) is 65.7 Å². The maximum atomic E-state index is 15.5. The lowest BCUT2D eigenvalue weighted by Gasteiger charge is -2.43. The van der Waals surface area contributed by atoms with E-state index in [0.717, 1.165) is 16.5 Å². The van der Waals surface area contributed by atoms with Crippen LogP contribution in [0.2, 0.25) is 0 Å². The van der Waals surface area contributed by atoms with Gasteiger partial charge in [0.1, 0.15) is 29.7 Å². The van der Waals surface area contributed by atoms with Crippen molar-refractivity contribution in [3.05, 3.63) is 82.7 Å². The zero-order valence-corrected chi connectivity index (χ0v) is 22.5. The maximum absolute atomic E-state index is 15.5. The molecule has 0 aliphatic carbocycles. The second-order valence-electron chi connectivity index (χ2n) is 10.2. The average Bonchev–Trinajstić information content (AvgIpc) is 2.95. The van der Waals surface area contributed by atoms with Gasteiger partial charge in [-0.3, -0.25) is 14.2 Å². The molecule has 1 aromatic heterocycles. The Kier molecular flexibility index (Phi) is 9.07. The number of rotatable bonds is 6. The maximum Gasteiger partial charge on any atom is 0.280 e. The topological polar surface area (TPSA) is 123 Å². The summed E-state index contributed by atoms with van der Waals surface area (Å²) >= 11 is 0. The Labute approximate surface area is 236 Å². The van der Waals surface area contributed by atoms with Crippen molar-refractivity contribution in [2.45, 2.75) is 37.1 Å². The van der Waals surface area contributed by atoms with E-state index < -0.39 is 23.1 Å². The molecule has 2 aromatic carbocycles. The molecule has 3 heterocycles. The third-order valence-electron chi connectivity index (χ3n) is 7.63. The van der Waals surface area contributed by atoms with Crippen molar-refractivity contribution in [1.82, 2.24) is 19.8 Å². The molecule has 2 aliphatic heterocycles. The summed E-state index contributed by atoms with van der Waals surface area (Å²) in [5, 5.41) is 14.5. The van der Waals surface area contributed by atoms with Gasteiger partial charge in [-0.2, -0.15) is 0 Å². The lowest BCUT2D eigenvalue weighted by Crippen LogP contribution is -2.59. The Morgan fingerprint density at radius 3 is 2.62 bits per heavy atom. The molecule has 40 heavy (non-hydrogen) atoms. The van der Waals surface area contributed by atoms with Crippen LogP contribution in [0.4, 0.5) is 14.5 Å². The predicted octanol–water partition coefficient (Wildman–Crippen LogP) is 2.87. The number of carbonyl (C=O) groups excluding carboxylic acids is 1. The summed E-state index contributed by atoms with van der Waals surface area (Å²) in [6, 6.07) is 14.9. The highest BCUT2D eigenvalue weighted by atomic mass is 35.5. The van der Waals surface area contributed by atoms with E-state index in [-0.39, 0.29) is 73.5 Å². The van der Waals surface area contributed by atoms with E-state index in [0.29, 0.717) is 19.5 Å². The van der Waals surface area contributed by atoms with E-state index in [1.165, 1.54) is 29.2 Å². The summed E-state index contributed by atoms with van der Waals surface area (Å²) in [6.07, 6.45) is -0.0707. The molecule has 0 bridgehead atoms. The van der Waals surface area contributed by atoms with Gasteiger partial charge >= 0.3 is 0 Å². The van der Waals surface area contributed by atoms with E-state index in [2.05, 4.69) is 10.3 Å². The van der Waals surface area contributed by atoms with Crippen molar-refractivity contribution < 1.29 is 23.4 Å². The molecule has 2 aliphatic rings. The molecular weight excluding hydrogens is 544 g/mol. The number of aromatic nitrogens is 2. The fourth-order valence-corrected chi connectivity index (χ4v) is 5.35. The van der Waals surface area contributed by atoms with Crippen LogP contribution in [0.25, 0.3) is 0 Å². The molecule has 0 spiro atoms. The number of anilines is 1. The second-order valence-corrected chi connectivity index (χ2v) is 10.2. The Balaban J connectivity index is 0.00000370. The highest BCUT2D eigenvalue weighted by Crippen LogP contribution is 2.34. The van der Waals surface area contributed by atoms with Gasteiger partial charge < -0.3 is 25.8 Å². The number of piperidine rings is 2. The molecule has 0 unspecified atom stereocenters. The number of amides is 1. The number of aliphatic hydroxyl groups is 1. The summed E-state index contributed by atoms with van der Waals surface area (Å²) in [7, 11) is 0. The third-order valence-corrected chi connectivity index (χ3v) is 7.63. The minimum atomic E-state index is -1.89. The number of carbonyl (C=O) groups is 1. The molecule has 0 saturated carbocycles. The molecule has 214 valence electrons. The van der Waals surface area contributed by atoms with Crippen LogP contribution in [-0.4, -0.2) is 63.4 Å². The standard InChI is InChI=1S/C28H31F2N5O4.ClH/c29-19-6-8-20(9-7-19)39-25-24(31)27(37)35(17-33-25)16-28(38)11-13-34(15-23(28)30)26(36)21-10-12-32-14-22(21)18-4-2-1-3-5-18;/h1-9,17,21-23,32,38H,10-16,31H2;1H/t21-,22+,23-,28+;/m1./s1. The van der Waals surface area contributed by atoms with Crippen LogP contribution in [0.3, 0.4) is 0 Å². The molecule has 4 N–H and O–H groups in total. The van der Waals surface area contributed by atoms with Gasteiger partial charge in [-0.25, -0.2) is 13.8 Å². The first-order valence-electron chi connectivity index (χ1n) is 12.9. The quantitative estimate of drug-likeness (QED) is 0.413. The van der Waals surface area contributed by atoms with Crippen LogP contribution in [0, 0.1) is 11.7 Å². The van der Waals surface area contributed by atoms with Crippen molar-refractivity contribution in [2.75, 3.05) is 31.9 Å². The van der Waals surface area contributed by atoms with Gasteiger partial charge in [-0.15, -0.1) is 12.4 Å². The van der Waals surface area contributed by atoms with Crippen molar-refractivity contribution in [3.8, 4) is 11.6 Å². The SMILES string of the molecule is Cl.Nc1c(Oc2ccc(F)cc2)ncn(C[C@@]2(O)CCN(C(=O)[C@@H]3CCNC[C@H]3c3ccccc3)C[C@H]2F)c1=O. The molecule has 4 atom stereocenters. The zero-order valence-electron chi connectivity index (χ0n) is 21.7. The van der Waals surface area contributed by atoms with Gasteiger partial charge in [0.05, 0.1) is 13.1 Å². The average molecular weight is 576 g/mol. The van der Waals surface area contributed by atoms with Gasteiger partial charge in [0.15, 0.2) is 5.69 Å². The van der Waals surface area contributed by atoms with E-state index >= 15 is 4.39 Å². The largest absolute Gasteiger partial charge is 0.437 e. The van der Waals surface area contributed by atoms with Crippen LogP contribution < -0.4 is 21.3 Å². The molecule has 2 saturated heterocycles. The molecule has 12 heteroatoms. The number of ether oxygens (including phenoxy) is 1. The fourth-order valence-electron chi connectivity index (χ4n) is 5.35. The number of nitrogens with two attached hydrogens (primary N) is 1. The minimum Gasteiger partial charge on any atom is -0.437 e. The molecule has 3 aromatic rings. The number of alkyl halides is 1. The number of hydrogen-bond acceptors (Lipinski definition) is 7. The van der Waals surface area contributed by atoms with Crippen molar-refractivity contribution >= 4 is 24.0 Å². The number of halogens is 3. The minimum absolute atomic E-state index is 0. The highest BCUT2D eigenvalue weighted by molar-refractivity contribution is 5.85. The van der Waals surface area contributed by atoms with E-state index in [9.17, 15) is 19.1 Å². The number of nitrogens with zero attached hydrogens (tertiary/aromatic N) is 3. The Morgan fingerprint density at radius 1 is 1.20 bits per heavy atom. The number of likely N-dealkylation sites (tertiary alicyclic amines) is 1. The predicted molar refractivity (Wildman–Crippen MR) is 148 cm³/mol. The highest BCUT2D eigenvalue weighted by Gasteiger charge is 2.46. The van der Waals surface area contributed by atoms with Crippen molar-refractivity contribution in [1.29, 1.82) is 0 Å². The Bertz CT molecular complexity index is 1380. The summed E-state index contributed by atoms with van der Waals surface area (Å²) < 4.78 is 35.1. The van der Waals surface area contributed by atoms with Gasteiger partial charge in [0, 0.05) is 24.9 Å². The number of nitrogens with one attached hydrogen (secondary N) is 1. The smallest absolute Gasteiger partial charge is 0.280 e. The van der Waals surface area contributed by atoms with Crippen molar-refractivity contribution in [2.24, 2.45) is 5.92 Å². The summed E-state index contributed by atoms with van der Waals surface area (Å²) in [4.78, 5) is 31.9. The van der Waals surface area contributed by atoms with Crippen LogP contribution in [0.5, 0.6) is 11.6 Å². The number of hydrogen-bond donors (Lipinski definition) is 3. The Hall–Kier alpha value is -3.54. The molecule has 5 rings (SSSR count). The zero-order chi connectivity index (χ0) is 27.6. The summed E-state index contributed by atoms with van der Waals surface area (Å²) in [6.45, 7) is 0.863. The first kappa shape index (κ1) is 29.4.